The Morgan fingerprint density at radius 2 is 1.76 bits per heavy atom. The monoisotopic (exact) mass is 365 g/mol. The summed E-state index contributed by atoms with van der Waals surface area (Å²) in [4.78, 5) is 15.0. The van der Waals surface area contributed by atoms with Crippen molar-refractivity contribution in [3.05, 3.63) is 30.3 Å². The number of hydrogen-bond acceptors (Lipinski definition) is 4. The topological polar surface area (TPSA) is 83.7 Å². The van der Waals surface area contributed by atoms with Crippen LogP contribution in [0.1, 0.15) is 32.6 Å². The molecule has 2 fully saturated rings. The van der Waals surface area contributed by atoms with Crippen molar-refractivity contribution in [3.8, 4) is 0 Å². The average Bonchev–Trinajstić information content (AvgIpc) is 3.12. The number of piperidine rings is 1. The number of carbonyl (C=O) groups is 1. The fourth-order valence-electron chi connectivity index (χ4n) is 3.86. The molecule has 0 aromatic heterocycles. The summed E-state index contributed by atoms with van der Waals surface area (Å²) in [5.41, 5.74) is 5.96. The van der Waals surface area contributed by atoms with Gasteiger partial charge in [-0.05, 0) is 50.7 Å². The third-order valence-corrected chi connectivity index (χ3v) is 7.36. The van der Waals surface area contributed by atoms with E-state index in [1.807, 2.05) is 11.8 Å². The van der Waals surface area contributed by atoms with Gasteiger partial charge in [-0.15, -0.1) is 0 Å². The summed E-state index contributed by atoms with van der Waals surface area (Å²) in [6, 6.07) is 7.94. The summed E-state index contributed by atoms with van der Waals surface area (Å²) in [7, 11) is -3.63. The minimum Gasteiger partial charge on any atom is -0.341 e. The number of amides is 1. The molecule has 2 unspecified atom stereocenters. The van der Waals surface area contributed by atoms with Gasteiger partial charge in [-0.3, -0.25) is 4.79 Å². The van der Waals surface area contributed by atoms with E-state index in [0.29, 0.717) is 32.0 Å². The third kappa shape index (κ3) is 3.73. The van der Waals surface area contributed by atoms with Gasteiger partial charge in [0.25, 0.3) is 0 Å². The van der Waals surface area contributed by atoms with E-state index >= 15 is 0 Å². The fourth-order valence-corrected chi connectivity index (χ4v) is 5.53. The molecule has 0 aliphatic carbocycles. The minimum atomic E-state index is -3.63. The zero-order valence-electron chi connectivity index (χ0n) is 14.7. The van der Waals surface area contributed by atoms with Crippen LogP contribution in [0.15, 0.2) is 35.2 Å². The zero-order valence-corrected chi connectivity index (χ0v) is 15.5. The van der Waals surface area contributed by atoms with Gasteiger partial charge in [0.1, 0.15) is 6.04 Å². The molecule has 0 radical (unpaired) electrons. The highest BCUT2D eigenvalue weighted by Crippen LogP contribution is 2.29. The minimum absolute atomic E-state index is 0.0554. The van der Waals surface area contributed by atoms with Gasteiger partial charge in [0.15, 0.2) is 0 Å². The maximum atomic E-state index is 13.0. The lowest BCUT2D eigenvalue weighted by Gasteiger charge is -2.36. The number of hydrogen-bond donors (Lipinski definition) is 1. The first-order valence-electron chi connectivity index (χ1n) is 9.02. The lowest BCUT2D eigenvalue weighted by Crippen LogP contribution is -2.50. The van der Waals surface area contributed by atoms with Crippen LogP contribution < -0.4 is 5.73 Å². The van der Waals surface area contributed by atoms with Gasteiger partial charge in [-0.2, -0.15) is 4.31 Å². The van der Waals surface area contributed by atoms with Crippen LogP contribution in [0.4, 0.5) is 0 Å². The van der Waals surface area contributed by atoms with Crippen molar-refractivity contribution in [1.29, 1.82) is 0 Å². The van der Waals surface area contributed by atoms with E-state index in [-0.39, 0.29) is 16.8 Å². The third-order valence-electron chi connectivity index (χ3n) is 5.43. The Morgan fingerprint density at radius 1 is 1.12 bits per heavy atom. The number of rotatable bonds is 4. The molecule has 1 amide bonds. The maximum absolute atomic E-state index is 13.0. The van der Waals surface area contributed by atoms with Crippen molar-refractivity contribution in [2.45, 2.75) is 49.6 Å². The Morgan fingerprint density at radius 3 is 2.36 bits per heavy atom. The Kier molecular flexibility index (Phi) is 5.46. The molecule has 6 nitrogen and oxygen atoms in total. The molecule has 2 N–H and O–H groups in total. The van der Waals surface area contributed by atoms with E-state index in [4.69, 9.17) is 5.73 Å². The van der Waals surface area contributed by atoms with Crippen molar-refractivity contribution in [3.63, 3.8) is 0 Å². The van der Waals surface area contributed by atoms with Gasteiger partial charge in [0, 0.05) is 25.7 Å². The quantitative estimate of drug-likeness (QED) is 0.875. The van der Waals surface area contributed by atoms with Crippen LogP contribution in [0.3, 0.4) is 0 Å². The first kappa shape index (κ1) is 18.4. The molecule has 0 spiro atoms. The summed E-state index contributed by atoms with van der Waals surface area (Å²) in [6.45, 7) is 3.75. The van der Waals surface area contributed by atoms with Crippen molar-refractivity contribution < 1.29 is 13.2 Å². The average molecular weight is 365 g/mol. The normalized spacial score (nSPS) is 24.4. The van der Waals surface area contributed by atoms with Gasteiger partial charge in [0.05, 0.1) is 4.90 Å². The predicted octanol–water partition coefficient (Wildman–Crippen LogP) is 1.43. The molecule has 7 heteroatoms. The molecule has 1 aromatic rings. The molecular weight excluding hydrogens is 338 g/mol. The predicted molar refractivity (Wildman–Crippen MR) is 96.3 cm³/mol. The summed E-state index contributed by atoms with van der Waals surface area (Å²) >= 11 is 0. The van der Waals surface area contributed by atoms with Crippen molar-refractivity contribution in [1.82, 2.24) is 9.21 Å². The summed E-state index contributed by atoms with van der Waals surface area (Å²) in [6.07, 6.45) is 3.10. The van der Waals surface area contributed by atoms with E-state index in [0.717, 1.165) is 19.3 Å². The van der Waals surface area contributed by atoms with Crippen molar-refractivity contribution in [2.24, 2.45) is 11.7 Å². The second-order valence-corrected chi connectivity index (χ2v) is 9.00. The molecule has 138 valence electrons. The Hall–Kier alpha value is -1.44. The molecule has 0 bridgehead atoms. The Bertz CT molecular complexity index is 698. The van der Waals surface area contributed by atoms with Crippen LogP contribution in [0.25, 0.3) is 0 Å². The van der Waals surface area contributed by atoms with Crippen LogP contribution in [-0.4, -0.2) is 55.2 Å². The van der Waals surface area contributed by atoms with Gasteiger partial charge in [-0.1, -0.05) is 18.2 Å². The Balaban J connectivity index is 1.73. The number of nitrogens with two attached hydrogens (primary N) is 1. The molecule has 2 aliphatic heterocycles. The number of benzene rings is 1. The molecule has 2 atom stereocenters. The molecule has 0 saturated carbocycles. The number of sulfonamides is 1. The maximum Gasteiger partial charge on any atom is 0.243 e. The van der Waals surface area contributed by atoms with E-state index in [1.54, 1.807) is 30.3 Å². The van der Waals surface area contributed by atoms with Crippen LogP contribution in [0, 0.1) is 5.92 Å². The molecule has 2 heterocycles. The number of likely N-dealkylation sites (tertiary alicyclic amines) is 1. The zero-order chi connectivity index (χ0) is 18.0. The van der Waals surface area contributed by atoms with Gasteiger partial charge in [-0.25, -0.2) is 8.42 Å². The molecule has 2 saturated heterocycles. The summed E-state index contributed by atoms with van der Waals surface area (Å²) < 4.78 is 27.2. The van der Waals surface area contributed by atoms with Crippen LogP contribution >= 0.6 is 0 Å². The van der Waals surface area contributed by atoms with Crippen LogP contribution in [0.2, 0.25) is 0 Å². The molecule has 2 aliphatic rings. The Labute approximate surface area is 150 Å². The smallest absolute Gasteiger partial charge is 0.243 e. The van der Waals surface area contributed by atoms with E-state index in [9.17, 15) is 13.2 Å². The van der Waals surface area contributed by atoms with Crippen molar-refractivity contribution in [2.75, 3.05) is 19.6 Å². The molecular formula is C18H27N3O3S. The van der Waals surface area contributed by atoms with E-state index in [2.05, 4.69) is 0 Å². The van der Waals surface area contributed by atoms with Crippen LogP contribution in [0.5, 0.6) is 0 Å². The number of carbonyl (C=O) groups excluding carboxylic acids is 1. The highest BCUT2D eigenvalue weighted by atomic mass is 32.2. The van der Waals surface area contributed by atoms with Crippen molar-refractivity contribution >= 4 is 15.9 Å². The second-order valence-electron chi connectivity index (χ2n) is 7.11. The molecule has 3 rings (SSSR count). The van der Waals surface area contributed by atoms with Gasteiger partial charge >= 0.3 is 0 Å². The first-order valence-corrected chi connectivity index (χ1v) is 10.5. The lowest BCUT2D eigenvalue weighted by atomic mass is 9.90. The SMILES string of the molecule is CC(N)C1CCN(C(=O)C2CCCN2S(=O)(=O)c2ccccc2)CC1. The van der Waals surface area contributed by atoms with Crippen LogP contribution in [-0.2, 0) is 14.8 Å². The van der Waals surface area contributed by atoms with E-state index in [1.165, 1.54) is 4.31 Å². The summed E-state index contributed by atoms with van der Waals surface area (Å²) in [5, 5.41) is 0. The van der Waals surface area contributed by atoms with Gasteiger partial charge in [0.2, 0.25) is 15.9 Å². The highest BCUT2D eigenvalue weighted by Gasteiger charge is 2.41. The highest BCUT2D eigenvalue weighted by molar-refractivity contribution is 7.89. The standard InChI is InChI=1S/C18H27N3O3S/c1-14(19)15-9-12-20(13-10-15)18(22)17-8-5-11-21(17)25(23,24)16-6-3-2-4-7-16/h2-4,6-7,14-15,17H,5,8-13,19H2,1H3. The largest absolute Gasteiger partial charge is 0.341 e. The lowest BCUT2D eigenvalue weighted by molar-refractivity contribution is -0.136. The first-order chi connectivity index (χ1) is 11.9. The molecule has 25 heavy (non-hydrogen) atoms. The van der Waals surface area contributed by atoms with E-state index < -0.39 is 16.1 Å². The number of nitrogens with zero attached hydrogens (tertiary/aromatic N) is 2. The van der Waals surface area contributed by atoms with Gasteiger partial charge < -0.3 is 10.6 Å². The fraction of sp³-hybridized carbons (Fsp3) is 0.611. The summed E-state index contributed by atoms with van der Waals surface area (Å²) in [5.74, 6) is 0.386. The second kappa shape index (κ2) is 7.43. The molecule has 1 aromatic carbocycles.